The van der Waals surface area contributed by atoms with Gasteiger partial charge in [0, 0.05) is 18.4 Å². The van der Waals surface area contributed by atoms with Crippen LogP contribution in [-0.2, 0) is 24.3 Å². The molecule has 0 saturated carbocycles. The second-order valence-corrected chi connectivity index (χ2v) is 8.43. The van der Waals surface area contributed by atoms with Crippen molar-refractivity contribution in [1.82, 2.24) is 4.90 Å². The highest BCUT2D eigenvalue weighted by molar-refractivity contribution is 7.90. The molecule has 0 saturated heterocycles. The zero-order valence-corrected chi connectivity index (χ0v) is 16.6. The molecule has 1 atom stereocenters. The summed E-state index contributed by atoms with van der Waals surface area (Å²) in [6.45, 7) is 5.42. The zero-order valence-electron chi connectivity index (χ0n) is 15.8. The van der Waals surface area contributed by atoms with Gasteiger partial charge < -0.3 is 15.0 Å². The Kier molecular flexibility index (Phi) is 5.37. The lowest BCUT2D eigenvalue weighted by molar-refractivity contribution is -0.148. The first kappa shape index (κ1) is 19.8. The standard InChI is InChI=1S/C19H21N3O5S/c1-12-6-7-13(2)16(11-12)20-18(23)14(3)27-19(24)15-5-4-8-22-9-10-28(25,26)21-17(15)22/h4-8,11,14H,9-10H2,1-3H3,(H,20,23)/t14-/m0/s1. The van der Waals surface area contributed by atoms with Crippen molar-refractivity contribution in [1.29, 1.82) is 0 Å². The van der Waals surface area contributed by atoms with Crippen molar-refractivity contribution >= 4 is 33.4 Å². The third-order valence-corrected chi connectivity index (χ3v) is 5.53. The Morgan fingerprint density at radius 2 is 2.04 bits per heavy atom. The number of ether oxygens (including phenoxy) is 1. The molecule has 28 heavy (non-hydrogen) atoms. The fourth-order valence-corrected chi connectivity index (χ4v) is 3.74. The van der Waals surface area contributed by atoms with Gasteiger partial charge in [0.15, 0.2) is 11.9 Å². The Labute approximate surface area is 163 Å². The number of nitrogens with one attached hydrogen (secondary N) is 1. The lowest BCUT2D eigenvalue weighted by Crippen LogP contribution is -2.41. The highest BCUT2D eigenvalue weighted by Crippen LogP contribution is 2.20. The Bertz CT molecular complexity index is 1020. The number of sulfonamides is 1. The molecule has 0 aromatic heterocycles. The summed E-state index contributed by atoms with van der Waals surface area (Å²) in [4.78, 5) is 26.5. The second-order valence-electron chi connectivity index (χ2n) is 6.67. The number of aryl methyl sites for hydroxylation is 2. The Hall–Kier alpha value is -2.94. The van der Waals surface area contributed by atoms with E-state index in [1.807, 2.05) is 32.0 Å². The SMILES string of the molecule is Cc1ccc(C)c(NC(=O)[C@H](C)OC(=O)C2=CC=CN3CCS(=O)(=O)N=C23)c1. The smallest absolute Gasteiger partial charge is 0.342 e. The van der Waals surface area contributed by atoms with Gasteiger partial charge in [0.25, 0.3) is 15.9 Å². The summed E-state index contributed by atoms with van der Waals surface area (Å²) in [7, 11) is -3.63. The predicted molar refractivity (Wildman–Crippen MR) is 105 cm³/mol. The van der Waals surface area contributed by atoms with Gasteiger partial charge in [-0.15, -0.1) is 4.40 Å². The largest absolute Gasteiger partial charge is 0.449 e. The van der Waals surface area contributed by atoms with Crippen molar-refractivity contribution in [3.05, 3.63) is 53.3 Å². The summed E-state index contributed by atoms with van der Waals surface area (Å²) in [5, 5.41) is 2.74. The number of anilines is 1. The third-order valence-electron chi connectivity index (χ3n) is 4.38. The fourth-order valence-electron chi connectivity index (χ4n) is 2.76. The van der Waals surface area contributed by atoms with E-state index in [1.165, 1.54) is 13.0 Å². The van der Waals surface area contributed by atoms with Gasteiger partial charge in [-0.25, -0.2) is 13.2 Å². The molecule has 2 aliphatic rings. The molecule has 1 aromatic rings. The van der Waals surface area contributed by atoms with E-state index in [0.29, 0.717) is 5.69 Å². The summed E-state index contributed by atoms with van der Waals surface area (Å²) in [6, 6.07) is 5.65. The van der Waals surface area contributed by atoms with Gasteiger partial charge in [0.1, 0.15) is 5.57 Å². The molecule has 0 bridgehead atoms. The Balaban J connectivity index is 1.72. The summed E-state index contributed by atoms with van der Waals surface area (Å²) < 4.78 is 32.5. The molecule has 148 valence electrons. The van der Waals surface area contributed by atoms with Gasteiger partial charge in [-0.1, -0.05) is 12.1 Å². The number of carbonyl (C=O) groups excluding carboxylic acids is 2. The molecule has 2 aliphatic heterocycles. The quantitative estimate of drug-likeness (QED) is 0.767. The maximum Gasteiger partial charge on any atom is 0.342 e. The Morgan fingerprint density at radius 1 is 1.29 bits per heavy atom. The van der Waals surface area contributed by atoms with E-state index in [1.54, 1.807) is 17.2 Å². The lowest BCUT2D eigenvalue weighted by Gasteiger charge is -2.28. The summed E-state index contributed by atoms with van der Waals surface area (Å²) in [5.74, 6) is -1.41. The monoisotopic (exact) mass is 403 g/mol. The minimum absolute atomic E-state index is 0.00263. The van der Waals surface area contributed by atoms with E-state index in [9.17, 15) is 18.0 Å². The molecule has 8 nitrogen and oxygen atoms in total. The predicted octanol–water partition coefficient (Wildman–Crippen LogP) is 1.67. The van der Waals surface area contributed by atoms with E-state index in [-0.39, 0.29) is 23.7 Å². The van der Waals surface area contributed by atoms with E-state index in [4.69, 9.17) is 4.74 Å². The van der Waals surface area contributed by atoms with Crippen molar-refractivity contribution in [3.8, 4) is 0 Å². The molecule has 1 aromatic carbocycles. The number of amides is 1. The lowest BCUT2D eigenvalue weighted by atomic mass is 10.1. The summed E-state index contributed by atoms with van der Waals surface area (Å²) >= 11 is 0. The third kappa shape index (κ3) is 4.30. The first-order valence-corrected chi connectivity index (χ1v) is 10.3. The average Bonchev–Trinajstić information content (AvgIpc) is 2.63. The summed E-state index contributed by atoms with van der Waals surface area (Å²) in [6.07, 6.45) is 3.59. The van der Waals surface area contributed by atoms with Crippen LogP contribution in [-0.4, -0.2) is 49.4 Å². The normalized spacial score (nSPS) is 18.5. The van der Waals surface area contributed by atoms with Crippen molar-refractivity contribution in [3.63, 3.8) is 0 Å². The van der Waals surface area contributed by atoms with Gasteiger partial charge in [0.05, 0.1) is 5.75 Å². The maximum atomic E-state index is 12.5. The minimum atomic E-state index is -3.63. The molecule has 2 heterocycles. The first-order valence-electron chi connectivity index (χ1n) is 8.73. The number of esters is 1. The van der Waals surface area contributed by atoms with Gasteiger partial charge in [-0.2, -0.15) is 0 Å². The van der Waals surface area contributed by atoms with E-state index >= 15 is 0 Å². The number of amidine groups is 1. The Morgan fingerprint density at radius 3 is 2.79 bits per heavy atom. The highest BCUT2D eigenvalue weighted by Gasteiger charge is 2.32. The van der Waals surface area contributed by atoms with Crippen molar-refractivity contribution in [2.45, 2.75) is 26.9 Å². The van der Waals surface area contributed by atoms with Crippen LogP contribution >= 0.6 is 0 Å². The zero-order chi connectivity index (χ0) is 20.5. The summed E-state index contributed by atoms with van der Waals surface area (Å²) in [5.41, 5.74) is 2.51. The number of allylic oxidation sites excluding steroid dienone is 2. The van der Waals surface area contributed by atoms with Crippen LogP contribution in [0.1, 0.15) is 18.1 Å². The highest BCUT2D eigenvalue weighted by atomic mass is 32.2. The molecule has 0 fully saturated rings. The molecule has 3 rings (SSSR count). The van der Waals surface area contributed by atoms with Crippen LogP contribution in [0.25, 0.3) is 0 Å². The van der Waals surface area contributed by atoms with Gasteiger partial charge in [0.2, 0.25) is 0 Å². The molecule has 0 unspecified atom stereocenters. The van der Waals surface area contributed by atoms with Crippen LogP contribution in [0.15, 0.2) is 46.5 Å². The topological polar surface area (TPSA) is 105 Å². The van der Waals surface area contributed by atoms with Crippen LogP contribution in [0.5, 0.6) is 0 Å². The van der Waals surface area contributed by atoms with Gasteiger partial charge >= 0.3 is 5.97 Å². The van der Waals surface area contributed by atoms with Crippen LogP contribution in [0.2, 0.25) is 0 Å². The number of hydrogen-bond acceptors (Lipinski definition) is 6. The molecule has 0 aliphatic carbocycles. The number of nitrogens with zero attached hydrogens (tertiary/aromatic N) is 2. The van der Waals surface area contributed by atoms with Crippen LogP contribution < -0.4 is 5.32 Å². The van der Waals surface area contributed by atoms with Crippen molar-refractivity contribution < 1.29 is 22.7 Å². The number of fused-ring (bicyclic) bond motifs is 1. The van der Waals surface area contributed by atoms with Crippen LogP contribution in [0.3, 0.4) is 0 Å². The fraction of sp³-hybridized carbons (Fsp3) is 0.316. The van der Waals surface area contributed by atoms with E-state index in [0.717, 1.165) is 11.1 Å². The van der Waals surface area contributed by atoms with Crippen LogP contribution in [0.4, 0.5) is 5.69 Å². The second kappa shape index (κ2) is 7.59. The maximum absolute atomic E-state index is 12.5. The molecule has 0 radical (unpaired) electrons. The number of benzene rings is 1. The molecular weight excluding hydrogens is 382 g/mol. The van der Waals surface area contributed by atoms with Gasteiger partial charge in [-0.3, -0.25) is 4.79 Å². The molecular formula is C19H21N3O5S. The molecule has 9 heteroatoms. The first-order chi connectivity index (χ1) is 13.2. The molecule has 1 N–H and O–H groups in total. The van der Waals surface area contributed by atoms with Crippen molar-refractivity contribution in [2.24, 2.45) is 4.40 Å². The molecule has 0 spiro atoms. The average molecular weight is 403 g/mol. The number of hydrogen-bond donors (Lipinski definition) is 1. The molecule has 1 amide bonds. The van der Waals surface area contributed by atoms with Crippen LogP contribution in [0, 0.1) is 13.8 Å². The number of rotatable bonds is 4. The number of carbonyl (C=O) groups is 2. The van der Waals surface area contributed by atoms with E-state index in [2.05, 4.69) is 9.71 Å². The van der Waals surface area contributed by atoms with Gasteiger partial charge in [-0.05, 0) is 50.1 Å². The minimum Gasteiger partial charge on any atom is -0.449 e. The van der Waals surface area contributed by atoms with E-state index < -0.39 is 28.0 Å². The van der Waals surface area contributed by atoms with Crippen molar-refractivity contribution in [2.75, 3.05) is 17.6 Å².